The summed E-state index contributed by atoms with van der Waals surface area (Å²) in [5.74, 6) is 1.88. The van der Waals surface area contributed by atoms with E-state index in [1.165, 1.54) is 6.42 Å². The van der Waals surface area contributed by atoms with Crippen LogP contribution in [0.1, 0.15) is 32.8 Å². The smallest absolute Gasteiger partial charge is 0.126 e. The molecular weight excluding hydrogens is 254 g/mol. The van der Waals surface area contributed by atoms with Crippen molar-refractivity contribution in [2.24, 2.45) is 11.7 Å². The standard InChI is InChI=1S/C15H23N3S/c1-4-19-13-7-5-6-12(14(13)15(16)17)18-9-10(2)8-11(18)3/h5-7,10-11H,4,8-9H2,1-3H3,(H3,16,17). The zero-order chi connectivity index (χ0) is 14.0. The highest BCUT2D eigenvalue weighted by atomic mass is 32.2. The molecule has 1 fully saturated rings. The maximum atomic E-state index is 7.91. The van der Waals surface area contributed by atoms with Gasteiger partial charge in [0.25, 0.3) is 0 Å². The summed E-state index contributed by atoms with van der Waals surface area (Å²) in [5, 5.41) is 7.91. The SMILES string of the molecule is CCSc1cccc(N2CC(C)CC2C)c1C(=N)N. The van der Waals surface area contributed by atoms with Gasteiger partial charge in [-0.1, -0.05) is 19.9 Å². The van der Waals surface area contributed by atoms with E-state index in [0.717, 1.165) is 28.4 Å². The number of thioether (sulfide) groups is 1. The van der Waals surface area contributed by atoms with Crippen LogP contribution in [0.2, 0.25) is 0 Å². The first-order valence-electron chi connectivity index (χ1n) is 6.91. The summed E-state index contributed by atoms with van der Waals surface area (Å²) in [6, 6.07) is 6.77. The van der Waals surface area contributed by atoms with Crippen LogP contribution in [0.25, 0.3) is 0 Å². The topological polar surface area (TPSA) is 53.1 Å². The molecule has 3 N–H and O–H groups in total. The van der Waals surface area contributed by atoms with Crippen LogP contribution in [0.15, 0.2) is 23.1 Å². The largest absolute Gasteiger partial charge is 0.384 e. The minimum absolute atomic E-state index is 0.179. The lowest BCUT2D eigenvalue weighted by Crippen LogP contribution is -2.29. The highest BCUT2D eigenvalue weighted by Gasteiger charge is 2.28. The summed E-state index contributed by atoms with van der Waals surface area (Å²) in [5.41, 5.74) is 7.88. The average Bonchev–Trinajstić information content (AvgIpc) is 2.68. The molecule has 2 rings (SSSR count). The number of benzene rings is 1. The molecule has 3 nitrogen and oxygen atoms in total. The minimum atomic E-state index is 0.179. The molecule has 0 saturated carbocycles. The maximum Gasteiger partial charge on any atom is 0.126 e. The normalized spacial score (nSPS) is 22.8. The van der Waals surface area contributed by atoms with Gasteiger partial charge in [-0.3, -0.25) is 5.41 Å². The number of nitrogens with two attached hydrogens (primary N) is 1. The van der Waals surface area contributed by atoms with Gasteiger partial charge >= 0.3 is 0 Å². The summed E-state index contributed by atoms with van der Waals surface area (Å²) < 4.78 is 0. The van der Waals surface area contributed by atoms with E-state index in [9.17, 15) is 0 Å². The number of nitrogens with zero attached hydrogens (tertiary/aromatic N) is 1. The van der Waals surface area contributed by atoms with Crippen LogP contribution in [0.4, 0.5) is 5.69 Å². The van der Waals surface area contributed by atoms with Crippen molar-refractivity contribution in [1.29, 1.82) is 5.41 Å². The van der Waals surface area contributed by atoms with Crippen molar-refractivity contribution in [1.82, 2.24) is 0 Å². The first-order chi connectivity index (χ1) is 9.04. The number of rotatable bonds is 4. The van der Waals surface area contributed by atoms with Crippen molar-refractivity contribution in [3.05, 3.63) is 23.8 Å². The quantitative estimate of drug-likeness (QED) is 0.504. The third kappa shape index (κ3) is 2.89. The van der Waals surface area contributed by atoms with Crippen LogP contribution in [-0.2, 0) is 0 Å². The predicted molar refractivity (Wildman–Crippen MR) is 84.4 cm³/mol. The second-order valence-electron chi connectivity index (χ2n) is 5.34. The molecule has 4 heteroatoms. The van der Waals surface area contributed by atoms with E-state index >= 15 is 0 Å². The Hall–Kier alpha value is -1.16. The Bertz CT molecular complexity index is 472. The molecule has 2 unspecified atom stereocenters. The molecule has 1 aliphatic heterocycles. The molecule has 104 valence electrons. The monoisotopic (exact) mass is 277 g/mol. The van der Waals surface area contributed by atoms with Gasteiger partial charge in [-0.25, -0.2) is 0 Å². The number of hydrogen-bond donors (Lipinski definition) is 2. The van der Waals surface area contributed by atoms with E-state index in [0.29, 0.717) is 12.0 Å². The summed E-state index contributed by atoms with van der Waals surface area (Å²) in [7, 11) is 0. The predicted octanol–water partition coefficient (Wildman–Crippen LogP) is 3.32. The first-order valence-corrected chi connectivity index (χ1v) is 7.90. The fourth-order valence-electron chi connectivity index (χ4n) is 2.94. The van der Waals surface area contributed by atoms with Crippen LogP contribution in [0, 0.1) is 11.3 Å². The highest BCUT2D eigenvalue weighted by Crippen LogP contribution is 2.35. The first kappa shape index (κ1) is 14.3. The lowest BCUT2D eigenvalue weighted by atomic mass is 10.1. The van der Waals surface area contributed by atoms with Gasteiger partial charge in [0.15, 0.2) is 0 Å². The van der Waals surface area contributed by atoms with Gasteiger partial charge in [0.1, 0.15) is 5.84 Å². The molecule has 1 heterocycles. The molecule has 1 aliphatic rings. The lowest BCUT2D eigenvalue weighted by molar-refractivity contribution is 0.625. The van der Waals surface area contributed by atoms with Crippen molar-refractivity contribution in [3.63, 3.8) is 0 Å². The average molecular weight is 277 g/mol. The van der Waals surface area contributed by atoms with Gasteiger partial charge < -0.3 is 10.6 Å². The summed E-state index contributed by atoms with van der Waals surface area (Å²) in [6.07, 6.45) is 1.21. The van der Waals surface area contributed by atoms with E-state index in [2.05, 4.69) is 43.9 Å². The molecule has 1 aromatic carbocycles. The van der Waals surface area contributed by atoms with Gasteiger partial charge in [-0.05, 0) is 37.1 Å². The van der Waals surface area contributed by atoms with Crippen LogP contribution < -0.4 is 10.6 Å². The maximum absolute atomic E-state index is 7.91. The number of nitrogens with one attached hydrogen (secondary N) is 1. The van der Waals surface area contributed by atoms with E-state index in [1.54, 1.807) is 11.8 Å². The second-order valence-corrected chi connectivity index (χ2v) is 6.65. The van der Waals surface area contributed by atoms with Crippen molar-refractivity contribution >= 4 is 23.3 Å². The van der Waals surface area contributed by atoms with E-state index < -0.39 is 0 Å². The molecule has 1 aromatic rings. The second kappa shape index (κ2) is 5.87. The Labute approximate surface area is 120 Å². The van der Waals surface area contributed by atoms with Crippen molar-refractivity contribution in [2.45, 2.75) is 38.1 Å². The van der Waals surface area contributed by atoms with Crippen LogP contribution in [0.5, 0.6) is 0 Å². The Balaban J connectivity index is 2.44. The zero-order valence-electron chi connectivity index (χ0n) is 11.9. The minimum Gasteiger partial charge on any atom is -0.384 e. The van der Waals surface area contributed by atoms with E-state index in [1.807, 2.05) is 0 Å². The molecule has 0 spiro atoms. The molecule has 2 atom stereocenters. The number of anilines is 1. The fourth-order valence-corrected chi connectivity index (χ4v) is 3.79. The van der Waals surface area contributed by atoms with Gasteiger partial charge in [-0.15, -0.1) is 11.8 Å². The summed E-state index contributed by atoms with van der Waals surface area (Å²) >= 11 is 1.76. The molecule has 0 aromatic heterocycles. The Morgan fingerprint density at radius 2 is 2.21 bits per heavy atom. The molecular formula is C15H23N3S. The number of hydrogen-bond acceptors (Lipinski definition) is 3. The lowest BCUT2D eigenvalue weighted by Gasteiger charge is -2.27. The third-order valence-corrected chi connectivity index (χ3v) is 4.61. The zero-order valence-corrected chi connectivity index (χ0v) is 12.8. The summed E-state index contributed by atoms with van der Waals surface area (Å²) in [4.78, 5) is 3.53. The van der Waals surface area contributed by atoms with Gasteiger partial charge in [0.05, 0.1) is 5.56 Å². The third-order valence-electron chi connectivity index (χ3n) is 3.67. The molecule has 1 saturated heterocycles. The summed E-state index contributed by atoms with van der Waals surface area (Å²) in [6.45, 7) is 7.73. The van der Waals surface area contributed by atoms with Crippen LogP contribution in [-0.4, -0.2) is 24.2 Å². The van der Waals surface area contributed by atoms with Crippen LogP contribution in [0.3, 0.4) is 0 Å². The van der Waals surface area contributed by atoms with E-state index in [-0.39, 0.29) is 5.84 Å². The molecule has 0 bridgehead atoms. The molecule has 0 aliphatic carbocycles. The van der Waals surface area contributed by atoms with E-state index in [4.69, 9.17) is 11.1 Å². The Kier molecular flexibility index (Phi) is 4.40. The van der Waals surface area contributed by atoms with Crippen LogP contribution >= 0.6 is 11.8 Å². The fraction of sp³-hybridized carbons (Fsp3) is 0.533. The highest BCUT2D eigenvalue weighted by molar-refractivity contribution is 7.99. The van der Waals surface area contributed by atoms with Crippen molar-refractivity contribution < 1.29 is 0 Å². The van der Waals surface area contributed by atoms with Crippen molar-refractivity contribution in [3.8, 4) is 0 Å². The number of amidine groups is 1. The van der Waals surface area contributed by atoms with Gasteiger partial charge in [-0.2, -0.15) is 0 Å². The molecule has 19 heavy (non-hydrogen) atoms. The van der Waals surface area contributed by atoms with Gasteiger partial charge in [0.2, 0.25) is 0 Å². The Morgan fingerprint density at radius 3 is 2.74 bits per heavy atom. The van der Waals surface area contributed by atoms with Gasteiger partial charge in [0, 0.05) is 23.2 Å². The number of nitrogen functional groups attached to an aromatic ring is 1. The Morgan fingerprint density at radius 1 is 1.47 bits per heavy atom. The molecule has 0 amide bonds. The molecule has 0 radical (unpaired) electrons. The van der Waals surface area contributed by atoms with Crippen molar-refractivity contribution in [2.75, 3.05) is 17.2 Å².